The smallest absolute Gasteiger partial charge is 0.341 e. The van der Waals surface area contributed by atoms with Gasteiger partial charge in [0.15, 0.2) is 6.10 Å². The average Bonchev–Trinajstić information content (AvgIpc) is 2.22. The number of nitrogens with two attached hydrogens (primary N) is 1. The van der Waals surface area contributed by atoms with Gasteiger partial charge in [-0.05, 0) is 19.1 Å². The zero-order valence-corrected chi connectivity index (χ0v) is 9.84. The van der Waals surface area contributed by atoms with E-state index in [9.17, 15) is 4.79 Å². The number of nitrogens with zero attached hydrogens (tertiary/aromatic N) is 1. The highest BCUT2D eigenvalue weighted by Gasteiger charge is 2.17. The van der Waals surface area contributed by atoms with Crippen molar-refractivity contribution in [2.24, 2.45) is 0 Å². The molecule has 1 rings (SSSR count). The molecule has 0 fully saturated rings. The van der Waals surface area contributed by atoms with Crippen LogP contribution in [0.1, 0.15) is 17.3 Å². The first-order valence-electron chi connectivity index (χ1n) is 4.30. The predicted octanol–water partition coefficient (Wildman–Crippen LogP) is 2.64. The normalized spacial score (nSPS) is 11.6. The van der Waals surface area contributed by atoms with Crippen molar-refractivity contribution < 1.29 is 9.53 Å². The molecule has 6 heteroatoms. The number of nitrogen functional groups attached to an aromatic ring is 1. The topological polar surface area (TPSA) is 76.1 Å². The van der Waals surface area contributed by atoms with Crippen molar-refractivity contribution in [2.45, 2.75) is 13.0 Å². The summed E-state index contributed by atoms with van der Waals surface area (Å²) in [5.41, 5.74) is 5.86. The lowest BCUT2D eigenvalue weighted by atomic mass is 10.2. The Balaban J connectivity index is 3.05. The quantitative estimate of drug-likeness (QED) is 0.654. The summed E-state index contributed by atoms with van der Waals surface area (Å²) < 4.78 is 4.78. The van der Waals surface area contributed by atoms with E-state index in [0.29, 0.717) is 5.69 Å². The number of hydrogen-bond acceptors (Lipinski definition) is 4. The molecule has 0 aliphatic carbocycles. The molecule has 1 atom stereocenters. The van der Waals surface area contributed by atoms with Crippen LogP contribution < -0.4 is 5.73 Å². The van der Waals surface area contributed by atoms with Gasteiger partial charge >= 0.3 is 5.97 Å². The first-order valence-corrected chi connectivity index (χ1v) is 5.06. The van der Waals surface area contributed by atoms with E-state index in [-0.39, 0.29) is 15.6 Å². The second kappa shape index (κ2) is 5.06. The minimum absolute atomic E-state index is 0.0498. The highest BCUT2D eigenvalue weighted by Crippen LogP contribution is 2.29. The third kappa shape index (κ3) is 2.78. The van der Waals surface area contributed by atoms with E-state index in [2.05, 4.69) is 0 Å². The number of hydrogen-bond donors (Lipinski definition) is 1. The SMILES string of the molecule is CC(C#N)OC(=O)c1cc(N)cc(Cl)c1Cl. The molecule has 0 saturated carbocycles. The van der Waals surface area contributed by atoms with Gasteiger partial charge in [-0.3, -0.25) is 0 Å². The van der Waals surface area contributed by atoms with Crippen molar-refractivity contribution in [3.05, 3.63) is 27.7 Å². The molecule has 1 aromatic rings. The average molecular weight is 259 g/mol. The number of ether oxygens (including phenoxy) is 1. The highest BCUT2D eigenvalue weighted by atomic mass is 35.5. The van der Waals surface area contributed by atoms with Crippen LogP contribution in [0.15, 0.2) is 12.1 Å². The Morgan fingerprint density at radius 1 is 1.56 bits per heavy atom. The van der Waals surface area contributed by atoms with E-state index in [4.69, 9.17) is 38.9 Å². The first-order chi connectivity index (χ1) is 7.45. The Morgan fingerprint density at radius 3 is 2.75 bits per heavy atom. The van der Waals surface area contributed by atoms with E-state index >= 15 is 0 Å². The Bertz CT molecular complexity index is 469. The zero-order valence-electron chi connectivity index (χ0n) is 8.33. The van der Waals surface area contributed by atoms with Gasteiger partial charge in [-0.2, -0.15) is 5.26 Å². The van der Waals surface area contributed by atoms with Gasteiger partial charge in [0.1, 0.15) is 6.07 Å². The van der Waals surface area contributed by atoms with Crippen LogP contribution in [0.3, 0.4) is 0 Å². The van der Waals surface area contributed by atoms with Crippen molar-refractivity contribution in [2.75, 3.05) is 5.73 Å². The summed E-state index contributed by atoms with van der Waals surface area (Å²) in [6, 6.07) is 4.54. The summed E-state index contributed by atoms with van der Waals surface area (Å²) in [6.45, 7) is 1.44. The fourth-order valence-corrected chi connectivity index (χ4v) is 1.42. The third-order valence-electron chi connectivity index (χ3n) is 1.74. The van der Waals surface area contributed by atoms with E-state index < -0.39 is 12.1 Å². The molecule has 0 aliphatic rings. The van der Waals surface area contributed by atoms with E-state index in [0.717, 1.165) is 0 Å². The van der Waals surface area contributed by atoms with Crippen molar-refractivity contribution in [3.8, 4) is 6.07 Å². The summed E-state index contributed by atoms with van der Waals surface area (Å²) >= 11 is 11.6. The molecule has 1 unspecified atom stereocenters. The van der Waals surface area contributed by atoms with Crippen LogP contribution in [-0.4, -0.2) is 12.1 Å². The van der Waals surface area contributed by atoms with Crippen LogP contribution >= 0.6 is 23.2 Å². The molecule has 16 heavy (non-hydrogen) atoms. The fourth-order valence-electron chi connectivity index (χ4n) is 1.01. The lowest BCUT2D eigenvalue weighted by Crippen LogP contribution is -2.13. The molecule has 4 nitrogen and oxygen atoms in total. The molecule has 0 bridgehead atoms. The van der Waals surface area contributed by atoms with E-state index in [1.807, 2.05) is 0 Å². The van der Waals surface area contributed by atoms with Crippen molar-refractivity contribution in [1.82, 2.24) is 0 Å². The number of benzene rings is 1. The van der Waals surface area contributed by atoms with Crippen molar-refractivity contribution >= 4 is 34.9 Å². The number of rotatable bonds is 2. The van der Waals surface area contributed by atoms with Crippen LogP contribution in [-0.2, 0) is 4.74 Å². The van der Waals surface area contributed by atoms with Crippen molar-refractivity contribution in [3.63, 3.8) is 0 Å². The van der Waals surface area contributed by atoms with Gasteiger partial charge in [0, 0.05) is 5.69 Å². The molecule has 84 valence electrons. The van der Waals surface area contributed by atoms with Gasteiger partial charge in [-0.1, -0.05) is 23.2 Å². The fraction of sp³-hybridized carbons (Fsp3) is 0.200. The van der Waals surface area contributed by atoms with Crippen LogP contribution in [0.25, 0.3) is 0 Å². The molecule has 0 radical (unpaired) electrons. The minimum Gasteiger partial charge on any atom is -0.444 e. The lowest BCUT2D eigenvalue weighted by Gasteiger charge is -2.09. The van der Waals surface area contributed by atoms with Gasteiger partial charge in [-0.15, -0.1) is 0 Å². The van der Waals surface area contributed by atoms with Gasteiger partial charge in [0.2, 0.25) is 0 Å². The summed E-state index contributed by atoms with van der Waals surface area (Å²) in [7, 11) is 0. The summed E-state index contributed by atoms with van der Waals surface area (Å²) in [6.07, 6.45) is -0.858. The monoisotopic (exact) mass is 258 g/mol. The van der Waals surface area contributed by atoms with Gasteiger partial charge in [0.05, 0.1) is 15.6 Å². The summed E-state index contributed by atoms with van der Waals surface area (Å²) in [4.78, 5) is 11.6. The first kappa shape index (κ1) is 12.6. The zero-order chi connectivity index (χ0) is 12.3. The number of nitriles is 1. The molecule has 0 saturated heterocycles. The molecule has 2 N–H and O–H groups in total. The molecular weight excluding hydrogens is 251 g/mol. The number of esters is 1. The molecule has 0 amide bonds. The standard InChI is InChI=1S/C10H8Cl2N2O2/c1-5(4-13)16-10(15)7-2-6(14)3-8(11)9(7)12/h2-3,5H,14H2,1H3. The molecule has 0 aliphatic heterocycles. The second-order valence-corrected chi connectivity index (χ2v) is 3.83. The van der Waals surface area contributed by atoms with Gasteiger partial charge in [-0.25, -0.2) is 4.79 Å². The molecular formula is C10H8Cl2N2O2. The van der Waals surface area contributed by atoms with E-state index in [1.165, 1.54) is 19.1 Å². The third-order valence-corrected chi connectivity index (χ3v) is 2.54. The molecule has 0 heterocycles. The van der Waals surface area contributed by atoms with E-state index in [1.54, 1.807) is 6.07 Å². The lowest BCUT2D eigenvalue weighted by molar-refractivity contribution is 0.0436. The summed E-state index contributed by atoms with van der Waals surface area (Å²) in [5.74, 6) is -0.728. The number of carbonyl (C=O) groups is 1. The van der Waals surface area contributed by atoms with Gasteiger partial charge < -0.3 is 10.5 Å². The Morgan fingerprint density at radius 2 is 2.19 bits per heavy atom. The Labute approximate surface area is 103 Å². The Hall–Kier alpha value is -1.44. The van der Waals surface area contributed by atoms with Crippen molar-refractivity contribution in [1.29, 1.82) is 5.26 Å². The maximum absolute atomic E-state index is 11.6. The maximum Gasteiger partial charge on any atom is 0.341 e. The largest absolute Gasteiger partial charge is 0.444 e. The highest BCUT2D eigenvalue weighted by molar-refractivity contribution is 6.44. The Kier molecular flexibility index (Phi) is 3.99. The van der Waals surface area contributed by atoms with Crippen LogP contribution in [0.2, 0.25) is 10.0 Å². The van der Waals surface area contributed by atoms with Crippen LogP contribution in [0.5, 0.6) is 0 Å². The summed E-state index contributed by atoms with van der Waals surface area (Å²) in [5, 5.41) is 8.72. The minimum atomic E-state index is -0.858. The number of anilines is 1. The van der Waals surface area contributed by atoms with Crippen LogP contribution in [0.4, 0.5) is 5.69 Å². The second-order valence-electron chi connectivity index (χ2n) is 3.04. The molecule has 0 aromatic heterocycles. The maximum atomic E-state index is 11.6. The molecule has 0 spiro atoms. The van der Waals surface area contributed by atoms with Gasteiger partial charge in [0.25, 0.3) is 0 Å². The molecule has 1 aromatic carbocycles. The number of carbonyl (C=O) groups excluding carboxylic acids is 1. The number of halogens is 2. The van der Waals surface area contributed by atoms with Crippen LogP contribution in [0, 0.1) is 11.3 Å². The predicted molar refractivity (Wildman–Crippen MR) is 61.4 cm³/mol.